The minimum absolute atomic E-state index is 0.0794. The number of nitrogens with one attached hydrogen (secondary N) is 1. The highest BCUT2D eigenvalue weighted by Gasteiger charge is 2.35. The molecule has 0 aromatic heterocycles. The third-order valence-corrected chi connectivity index (χ3v) is 2.69. The fourth-order valence-electron chi connectivity index (χ4n) is 2.08. The van der Waals surface area contributed by atoms with Crippen LogP contribution in [0.2, 0.25) is 0 Å². The maximum Gasteiger partial charge on any atom is 0.218 e. The van der Waals surface area contributed by atoms with Crippen molar-refractivity contribution >= 4 is 5.91 Å². The van der Waals surface area contributed by atoms with Crippen molar-refractivity contribution in [2.45, 2.75) is 25.4 Å². The van der Waals surface area contributed by atoms with E-state index in [2.05, 4.69) is 11.4 Å². The summed E-state index contributed by atoms with van der Waals surface area (Å²) in [5.41, 5.74) is 7.78. The van der Waals surface area contributed by atoms with E-state index in [4.69, 9.17) is 5.73 Å². The molecule has 1 aliphatic carbocycles. The quantitative estimate of drug-likeness (QED) is 0.646. The van der Waals surface area contributed by atoms with Gasteiger partial charge in [0.15, 0.2) is 0 Å². The van der Waals surface area contributed by atoms with Gasteiger partial charge in [0, 0.05) is 6.92 Å². The third-order valence-electron chi connectivity index (χ3n) is 2.69. The molecule has 3 N–H and O–H groups in total. The molecule has 0 unspecified atom stereocenters. The Morgan fingerprint density at radius 2 is 2.21 bits per heavy atom. The van der Waals surface area contributed by atoms with Crippen LogP contribution in [-0.4, -0.2) is 5.91 Å². The normalized spacial score (nSPS) is 24.4. The summed E-state index contributed by atoms with van der Waals surface area (Å²) in [5, 5.41) is 2.81. The predicted molar refractivity (Wildman–Crippen MR) is 54.4 cm³/mol. The van der Waals surface area contributed by atoms with Crippen LogP contribution in [0.5, 0.6) is 0 Å². The first-order chi connectivity index (χ1) is 6.62. The van der Waals surface area contributed by atoms with Gasteiger partial charge in [-0.05, 0) is 24.0 Å². The molecule has 1 aliphatic rings. The topological polar surface area (TPSA) is 55.1 Å². The monoisotopic (exact) mass is 190 g/mol. The zero-order valence-electron chi connectivity index (χ0n) is 8.21. The van der Waals surface area contributed by atoms with Crippen LogP contribution in [0.3, 0.4) is 0 Å². The standard InChI is InChI=1S/C11H14N2O/c1-8(14)13-11(12)7-6-9-4-2-3-5-10(9)11/h2-5H,6-7,12H2,1H3,(H,13,14)/t11-/m0/s1. The number of amides is 1. The highest BCUT2D eigenvalue weighted by molar-refractivity contribution is 5.74. The highest BCUT2D eigenvalue weighted by Crippen LogP contribution is 2.32. The van der Waals surface area contributed by atoms with Crippen molar-refractivity contribution < 1.29 is 4.79 Å². The van der Waals surface area contributed by atoms with Crippen molar-refractivity contribution in [1.29, 1.82) is 0 Å². The Morgan fingerprint density at radius 3 is 2.93 bits per heavy atom. The minimum Gasteiger partial charge on any atom is -0.334 e. The summed E-state index contributed by atoms with van der Waals surface area (Å²) < 4.78 is 0. The van der Waals surface area contributed by atoms with Gasteiger partial charge in [0.2, 0.25) is 5.91 Å². The Kier molecular flexibility index (Phi) is 2.04. The van der Waals surface area contributed by atoms with Gasteiger partial charge < -0.3 is 11.1 Å². The number of hydrogen-bond donors (Lipinski definition) is 2. The zero-order chi connectivity index (χ0) is 10.2. The zero-order valence-corrected chi connectivity index (χ0v) is 8.21. The van der Waals surface area contributed by atoms with E-state index in [1.54, 1.807) is 0 Å². The smallest absolute Gasteiger partial charge is 0.218 e. The van der Waals surface area contributed by atoms with Crippen molar-refractivity contribution in [2.24, 2.45) is 5.73 Å². The largest absolute Gasteiger partial charge is 0.334 e. The summed E-state index contributed by atoms with van der Waals surface area (Å²) in [6.45, 7) is 1.50. The van der Waals surface area contributed by atoms with Gasteiger partial charge in [0.05, 0.1) is 0 Å². The summed E-state index contributed by atoms with van der Waals surface area (Å²) in [6, 6.07) is 8.00. The average molecular weight is 190 g/mol. The summed E-state index contributed by atoms with van der Waals surface area (Å²) in [4.78, 5) is 11.0. The Balaban J connectivity index is 2.37. The molecule has 1 aromatic carbocycles. The van der Waals surface area contributed by atoms with Gasteiger partial charge in [-0.2, -0.15) is 0 Å². The second kappa shape index (κ2) is 3.10. The number of fused-ring (bicyclic) bond motifs is 1. The van der Waals surface area contributed by atoms with E-state index >= 15 is 0 Å². The molecule has 3 nitrogen and oxygen atoms in total. The van der Waals surface area contributed by atoms with Crippen LogP contribution in [-0.2, 0) is 16.9 Å². The summed E-state index contributed by atoms with van der Waals surface area (Å²) in [6.07, 6.45) is 1.72. The molecule has 0 bridgehead atoms. The van der Waals surface area contributed by atoms with E-state index in [0.717, 1.165) is 18.4 Å². The van der Waals surface area contributed by atoms with E-state index < -0.39 is 5.66 Å². The van der Waals surface area contributed by atoms with Crippen LogP contribution < -0.4 is 11.1 Å². The molecular formula is C11H14N2O. The molecule has 1 amide bonds. The van der Waals surface area contributed by atoms with E-state index in [-0.39, 0.29) is 5.91 Å². The summed E-state index contributed by atoms with van der Waals surface area (Å²) in [7, 11) is 0. The fourth-order valence-corrected chi connectivity index (χ4v) is 2.08. The van der Waals surface area contributed by atoms with Gasteiger partial charge in [-0.3, -0.25) is 4.79 Å². The molecule has 3 heteroatoms. The van der Waals surface area contributed by atoms with E-state index in [1.807, 2.05) is 18.2 Å². The van der Waals surface area contributed by atoms with Gasteiger partial charge in [-0.25, -0.2) is 0 Å². The lowest BCUT2D eigenvalue weighted by Crippen LogP contribution is -2.50. The molecule has 14 heavy (non-hydrogen) atoms. The van der Waals surface area contributed by atoms with Crippen LogP contribution in [0.15, 0.2) is 24.3 Å². The van der Waals surface area contributed by atoms with Crippen LogP contribution in [0.4, 0.5) is 0 Å². The molecule has 0 saturated carbocycles. The van der Waals surface area contributed by atoms with Crippen molar-refractivity contribution in [3.05, 3.63) is 35.4 Å². The number of hydrogen-bond acceptors (Lipinski definition) is 2. The molecular weight excluding hydrogens is 176 g/mol. The molecule has 0 radical (unpaired) electrons. The van der Waals surface area contributed by atoms with E-state index in [9.17, 15) is 4.79 Å². The summed E-state index contributed by atoms with van der Waals surface area (Å²) in [5.74, 6) is -0.0794. The van der Waals surface area contributed by atoms with Crippen molar-refractivity contribution in [3.8, 4) is 0 Å². The van der Waals surface area contributed by atoms with Crippen LogP contribution in [0, 0.1) is 0 Å². The number of carbonyl (C=O) groups excluding carboxylic acids is 1. The molecule has 0 heterocycles. The number of nitrogens with two attached hydrogens (primary N) is 1. The predicted octanol–water partition coefficient (Wildman–Crippen LogP) is 0.880. The summed E-state index contributed by atoms with van der Waals surface area (Å²) >= 11 is 0. The van der Waals surface area contributed by atoms with Crippen LogP contribution in [0.25, 0.3) is 0 Å². The minimum atomic E-state index is -0.650. The second-order valence-corrected chi connectivity index (χ2v) is 3.81. The molecule has 0 spiro atoms. The van der Waals surface area contributed by atoms with Gasteiger partial charge >= 0.3 is 0 Å². The third kappa shape index (κ3) is 1.40. The van der Waals surface area contributed by atoms with E-state index in [1.165, 1.54) is 12.5 Å². The fraction of sp³-hybridized carbons (Fsp3) is 0.364. The number of aryl methyl sites for hydroxylation is 1. The first-order valence-corrected chi connectivity index (χ1v) is 4.78. The van der Waals surface area contributed by atoms with Crippen LogP contribution in [0.1, 0.15) is 24.5 Å². The Morgan fingerprint density at radius 1 is 1.50 bits per heavy atom. The van der Waals surface area contributed by atoms with Gasteiger partial charge in [0.25, 0.3) is 0 Å². The number of rotatable bonds is 1. The van der Waals surface area contributed by atoms with Gasteiger partial charge in [0.1, 0.15) is 5.66 Å². The lowest BCUT2D eigenvalue weighted by molar-refractivity contribution is -0.120. The molecule has 2 rings (SSSR count). The Labute approximate surface area is 83.3 Å². The van der Waals surface area contributed by atoms with Crippen molar-refractivity contribution in [3.63, 3.8) is 0 Å². The Hall–Kier alpha value is -1.35. The molecule has 1 atom stereocenters. The first kappa shape index (κ1) is 9.21. The number of carbonyl (C=O) groups is 1. The van der Waals surface area contributed by atoms with Crippen molar-refractivity contribution in [2.75, 3.05) is 0 Å². The lowest BCUT2D eigenvalue weighted by Gasteiger charge is -2.26. The SMILES string of the molecule is CC(=O)N[C@@]1(N)CCc2ccccc21. The van der Waals surface area contributed by atoms with Crippen molar-refractivity contribution in [1.82, 2.24) is 5.32 Å². The van der Waals surface area contributed by atoms with Gasteiger partial charge in [-0.1, -0.05) is 24.3 Å². The first-order valence-electron chi connectivity index (χ1n) is 4.78. The molecule has 0 fully saturated rings. The highest BCUT2D eigenvalue weighted by atomic mass is 16.1. The molecule has 74 valence electrons. The molecule has 1 aromatic rings. The maximum absolute atomic E-state index is 11.0. The maximum atomic E-state index is 11.0. The lowest BCUT2D eigenvalue weighted by atomic mass is 10.0. The Bertz CT molecular complexity index is 375. The molecule has 0 saturated heterocycles. The number of benzene rings is 1. The van der Waals surface area contributed by atoms with E-state index in [0.29, 0.717) is 0 Å². The van der Waals surface area contributed by atoms with Crippen LogP contribution >= 0.6 is 0 Å². The molecule has 0 aliphatic heterocycles. The van der Waals surface area contributed by atoms with Gasteiger partial charge in [-0.15, -0.1) is 0 Å². The second-order valence-electron chi connectivity index (χ2n) is 3.81. The average Bonchev–Trinajstić information content (AvgIpc) is 2.44.